The Balaban J connectivity index is 2.38. The highest BCUT2D eigenvalue weighted by Gasteiger charge is 2.17. The molecular formula is C18H15FN2O2. The quantitative estimate of drug-likeness (QED) is 0.479. The summed E-state index contributed by atoms with van der Waals surface area (Å²) in [7, 11) is 3.44. The van der Waals surface area contributed by atoms with Crippen LogP contribution in [-0.4, -0.2) is 24.8 Å². The van der Waals surface area contributed by atoms with Crippen molar-refractivity contribution in [3.05, 3.63) is 71.7 Å². The Kier molecular flexibility index (Phi) is 5.11. The van der Waals surface area contributed by atoms with E-state index in [1.807, 2.05) is 6.07 Å². The minimum absolute atomic E-state index is 0.00899. The van der Waals surface area contributed by atoms with E-state index in [2.05, 4.69) is 0 Å². The Labute approximate surface area is 134 Å². The van der Waals surface area contributed by atoms with Crippen molar-refractivity contribution in [2.75, 3.05) is 14.1 Å². The van der Waals surface area contributed by atoms with Gasteiger partial charge in [0.05, 0.1) is 5.56 Å². The molecule has 0 heterocycles. The van der Waals surface area contributed by atoms with E-state index in [1.54, 1.807) is 49.3 Å². The van der Waals surface area contributed by atoms with Gasteiger partial charge < -0.3 is 9.64 Å². The van der Waals surface area contributed by atoms with Crippen LogP contribution in [0.25, 0.3) is 0 Å². The molecule has 2 aromatic carbocycles. The second kappa shape index (κ2) is 7.23. The topological polar surface area (TPSA) is 53.3 Å². The van der Waals surface area contributed by atoms with Crippen molar-refractivity contribution >= 4 is 5.78 Å². The van der Waals surface area contributed by atoms with Gasteiger partial charge in [0.2, 0.25) is 5.78 Å². The van der Waals surface area contributed by atoms with Crippen molar-refractivity contribution in [1.82, 2.24) is 4.90 Å². The van der Waals surface area contributed by atoms with Gasteiger partial charge in [-0.1, -0.05) is 18.2 Å². The number of carbonyl (C=O) groups excluding carboxylic acids is 1. The molecule has 0 radical (unpaired) electrons. The molecule has 0 saturated carbocycles. The highest BCUT2D eigenvalue weighted by Crippen LogP contribution is 2.27. The molecule has 0 saturated heterocycles. The number of nitriles is 1. The number of benzene rings is 2. The number of carbonyl (C=O) groups is 1. The van der Waals surface area contributed by atoms with Gasteiger partial charge in [0.15, 0.2) is 0 Å². The standard InChI is InChI=1S/C18H15FN2O2/c1-21(2)12-13(11-20)18(22)16-8-3-4-9-17(16)23-15-7-5-6-14(19)10-15/h3-10,12H,1-2H3. The summed E-state index contributed by atoms with van der Waals surface area (Å²) in [6.45, 7) is 0. The summed E-state index contributed by atoms with van der Waals surface area (Å²) in [5.41, 5.74) is 0.233. The molecule has 0 aliphatic carbocycles. The second-order valence-corrected chi connectivity index (χ2v) is 5.00. The van der Waals surface area contributed by atoms with Crippen molar-refractivity contribution in [1.29, 1.82) is 5.26 Å². The fourth-order valence-electron chi connectivity index (χ4n) is 1.94. The monoisotopic (exact) mass is 310 g/mol. The van der Waals surface area contributed by atoms with Gasteiger partial charge in [0.25, 0.3) is 0 Å². The fraction of sp³-hybridized carbons (Fsp3) is 0.111. The predicted octanol–water partition coefficient (Wildman–Crippen LogP) is 3.77. The molecule has 0 bridgehead atoms. The van der Waals surface area contributed by atoms with E-state index in [0.717, 1.165) is 0 Å². The first-order chi connectivity index (χ1) is 11.0. The largest absolute Gasteiger partial charge is 0.456 e. The van der Waals surface area contributed by atoms with Crippen LogP contribution < -0.4 is 4.74 Å². The Morgan fingerprint density at radius 2 is 1.96 bits per heavy atom. The summed E-state index contributed by atoms with van der Waals surface area (Å²) in [5.74, 6) is -0.340. The van der Waals surface area contributed by atoms with Crippen molar-refractivity contribution in [3.63, 3.8) is 0 Å². The van der Waals surface area contributed by atoms with Gasteiger partial charge in [-0.25, -0.2) is 4.39 Å². The average Bonchev–Trinajstić information content (AvgIpc) is 2.52. The van der Waals surface area contributed by atoms with Crippen LogP contribution in [0.15, 0.2) is 60.3 Å². The van der Waals surface area contributed by atoms with Gasteiger partial charge in [-0.2, -0.15) is 5.26 Å². The molecule has 0 amide bonds. The van der Waals surface area contributed by atoms with Gasteiger partial charge >= 0.3 is 0 Å². The van der Waals surface area contributed by atoms with Gasteiger partial charge in [-0.05, 0) is 24.3 Å². The number of hydrogen-bond donors (Lipinski definition) is 0. The molecule has 0 spiro atoms. The Hall–Kier alpha value is -3.13. The minimum Gasteiger partial charge on any atom is -0.456 e. The maximum atomic E-state index is 13.3. The average molecular weight is 310 g/mol. The number of halogens is 1. The zero-order valence-electron chi connectivity index (χ0n) is 12.8. The third-order valence-electron chi connectivity index (χ3n) is 2.91. The van der Waals surface area contributed by atoms with Gasteiger partial charge in [-0.15, -0.1) is 0 Å². The number of allylic oxidation sites excluding steroid dienone is 1. The molecular weight excluding hydrogens is 295 g/mol. The lowest BCUT2D eigenvalue weighted by Crippen LogP contribution is -2.09. The molecule has 4 nitrogen and oxygen atoms in total. The highest BCUT2D eigenvalue weighted by atomic mass is 19.1. The number of rotatable bonds is 5. The molecule has 0 aliphatic heterocycles. The van der Waals surface area contributed by atoms with Crippen molar-refractivity contribution in [3.8, 4) is 17.6 Å². The number of para-hydroxylation sites is 1. The summed E-state index contributed by atoms with van der Waals surface area (Å²) < 4.78 is 18.9. The minimum atomic E-state index is -0.451. The summed E-state index contributed by atoms with van der Waals surface area (Å²) in [5, 5.41) is 9.17. The Bertz CT molecular complexity index is 792. The summed E-state index contributed by atoms with van der Waals surface area (Å²) in [6, 6.07) is 14.1. The third-order valence-corrected chi connectivity index (χ3v) is 2.91. The first-order valence-corrected chi connectivity index (χ1v) is 6.86. The molecule has 0 fully saturated rings. The van der Waals surface area contributed by atoms with Crippen LogP contribution in [0.4, 0.5) is 4.39 Å². The molecule has 0 unspecified atom stereocenters. The van der Waals surface area contributed by atoms with E-state index in [1.165, 1.54) is 24.4 Å². The normalized spacial score (nSPS) is 10.8. The van der Waals surface area contributed by atoms with E-state index in [9.17, 15) is 9.18 Å². The molecule has 5 heteroatoms. The van der Waals surface area contributed by atoms with E-state index in [-0.39, 0.29) is 22.6 Å². The lowest BCUT2D eigenvalue weighted by atomic mass is 10.0. The lowest BCUT2D eigenvalue weighted by molar-refractivity contribution is 0.103. The van der Waals surface area contributed by atoms with Crippen molar-refractivity contribution < 1.29 is 13.9 Å². The van der Waals surface area contributed by atoms with Crippen LogP contribution in [-0.2, 0) is 0 Å². The third kappa shape index (κ3) is 4.17. The maximum absolute atomic E-state index is 13.3. The summed E-state index contributed by atoms with van der Waals surface area (Å²) >= 11 is 0. The van der Waals surface area contributed by atoms with Gasteiger partial charge in [0, 0.05) is 26.4 Å². The highest BCUT2D eigenvalue weighted by molar-refractivity contribution is 6.12. The molecule has 0 N–H and O–H groups in total. The number of nitrogens with zero attached hydrogens (tertiary/aromatic N) is 2. The predicted molar refractivity (Wildman–Crippen MR) is 84.6 cm³/mol. The molecule has 2 aromatic rings. The SMILES string of the molecule is CN(C)C=C(C#N)C(=O)c1ccccc1Oc1cccc(F)c1. The number of hydrogen-bond acceptors (Lipinski definition) is 4. The van der Waals surface area contributed by atoms with Crippen LogP contribution in [0.5, 0.6) is 11.5 Å². The van der Waals surface area contributed by atoms with Crippen LogP contribution in [0.3, 0.4) is 0 Å². The Morgan fingerprint density at radius 3 is 2.61 bits per heavy atom. The van der Waals surface area contributed by atoms with Crippen molar-refractivity contribution in [2.24, 2.45) is 0 Å². The van der Waals surface area contributed by atoms with E-state index in [0.29, 0.717) is 0 Å². The molecule has 0 aromatic heterocycles. The maximum Gasteiger partial charge on any atom is 0.208 e. The number of ether oxygens (including phenoxy) is 1. The van der Waals surface area contributed by atoms with Crippen molar-refractivity contribution in [2.45, 2.75) is 0 Å². The van der Waals surface area contributed by atoms with Crippen LogP contribution >= 0.6 is 0 Å². The zero-order valence-corrected chi connectivity index (χ0v) is 12.8. The first kappa shape index (κ1) is 16.2. The second-order valence-electron chi connectivity index (χ2n) is 5.00. The van der Waals surface area contributed by atoms with Crippen LogP contribution in [0, 0.1) is 17.1 Å². The van der Waals surface area contributed by atoms with E-state index >= 15 is 0 Å². The molecule has 116 valence electrons. The number of Topliss-reactive ketones (excluding diaryl/α,β-unsaturated/α-hetero) is 1. The Morgan fingerprint density at radius 1 is 1.22 bits per heavy atom. The zero-order chi connectivity index (χ0) is 16.8. The smallest absolute Gasteiger partial charge is 0.208 e. The molecule has 0 aliphatic rings. The summed E-state index contributed by atoms with van der Waals surface area (Å²) in [6.07, 6.45) is 1.45. The molecule has 0 atom stereocenters. The van der Waals surface area contributed by atoms with Crippen LogP contribution in [0.2, 0.25) is 0 Å². The molecule has 23 heavy (non-hydrogen) atoms. The lowest BCUT2D eigenvalue weighted by Gasteiger charge is -2.11. The van der Waals surface area contributed by atoms with Crippen LogP contribution in [0.1, 0.15) is 10.4 Å². The van der Waals surface area contributed by atoms with E-state index < -0.39 is 11.6 Å². The molecule has 2 rings (SSSR count). The fourth-order valence-corrected chi connectivity index (χ4v) is 1.94. The van der Waals surface area contributed by atoms with Gasteiger partial charge in [0.1, 0.15) is 29.0 Å². The summed E-state index contributed by atoms with van der Waals surface area (Å²) in [4.78, 5) is 14.1. The first-order valence-electron chi connectivity index (χ1n) is 6.86. The number of ketones is 1. The van der Waals surface area contributed by atoms with E-state index in [4.69, 9.17) is 10.00 Å². The van der Waals surface area contributed by atoms with Gasteiger partial charge in [-0.3, -0.25) is 4.79 Å².